The fraction of sp³-hybridized carbons (Fsp3) is 0.667. The molecule has 5 radical (unpaired) electrons. The first-order chi connectivity index (χ1) is 6.18. The van der Waals surface area contributed by atoms with E-state index >= 15 is 0 Å². The average Bonchev–Trinajstić information content (AvgIpc) is 2.30. The van der Waals surface area contributed by atoms with Gasteiger partial charge in [0.05, 0.1) is 8.07 Å². The van der Waals surface area contributed by atoms with Gasteiger partial charge in [0.15, 0.2) is 0 Å². The summed E-state index contributed by atoms with van der Waals surface area (Å²) in [4.78, 5) is 0. The lowest BCUT2D eigenvalue weighted by Gasteiger charge is -2.43. The Bertz CT molecular complexity index is 205. The van der Waals surface area contributed by atoms with Crippen molar-refractivity contribution in [2.75, 3.05) is 0 Å². The Hall–Kier alpha value is 0.647. The fourth-order valence-corrected chi connectivity index (χ4v) is 6.75. The Kier molecular flexibility index (Phi) is 3.55. The highest BCUT2D eigenvalue weighted by Gasteiger charge is 2.48. The molecule has 0 aliphatic carbocycles. The summed E-state index contributed by atoms with van der Waals surface area (Å²) in [6, 6.07) is 0. The monoisotopic (exact) mass is 225 g/mol. The molecule has 0 spiro atoms. The van der Waals surface area contributed by atoms with Gasteiger partial charge in [0.2, 0.25) is 0 Å². The molecule has 1 heterocycles. The molecule has 0 atom stereocenters. The Morgan fingerprint density at radius 1 is 1.14 bits per heavy atom. The smallest absolute Gasteiger partial charge is 0.0659 e. The molecule has 1 aliphatic rings. The summed E-state index contributed by atoms with van der Waals surface area (Å²) in [5.74, 6) is 3.06. The first kappa shape index (κ1) is 12.7. The lowest BCUT2D eigenvalue weighted by Crippen LogP contribution is -2.43. The van der Waals surface area contributed by atoms with Gasteiger partial charge in [-0.15, -0.1) is 0 Å². The van der Waals surface area contributed by atoms with E-state index in [1.807, 2.05) is 0 Å². The van der Waals surface area contributed by atoms with Gasteiger partial charge in [-0.05, 0) is 23.0 Å². The molecule has 0 bridgehead atoms. The second-order valence-corrected chi connectivity index (χ2v) is 12.4. The predicted octanol–water partition coefficient (Wildman–Crippen LogP) is 4.88. The van der Waals surface area contributed by atoms with Crippen LogP contribution in [0.4, 0.5) is 0 Å². The van der Waals surface area contributed by atoms with Gasteiger partial charge < -0.3 is 0 Å². The minimum absolute atomic E-state index is 0.467. The van der Waals surface area contributed by atoms with Crippen molar-refractivity contribution < 1.29 is 0 Å². The molecule has 0 aromatic carbocycles. The highest BCUT2D eigenvalue weighted by Crippen LogP contribution is 2.61. The van der Waals surface area contributed by atoms with Gasteiger partial charge in [-0.3, -0.25) is 0 Å². The van der Waals surface area contributed by atoms with Crippen LogP contribution in [0.15, 0.2) is 0 Å². The molecule has 79 valence electrons. The maximum Gasteiger partial charge on any atom is 0.0659 e. The molecule has 0 aromatic rings. The minimum atomic E-state index is -1.26. The van der Waals surface area contributed by atoms with Gasteiger partial charge in [-0.1, -0.05) is 56.3 Å². The third-order valence-electron chi connectivity index (χ3n) is 3.80. The molecule has 0 saturated carbocycles. The molecular weight excluding hydrogens is 203 g/mol. The van der Waals surface area contributed by atoms with Crippen LogP contribution in [0.1, 0.15) is 34.6 Å². The third kappa shape index (κ3) is 2.09. The van der Waals surface area contributed by atoms with Crippen molar-refractivity contribution in [1.29, 1.82) is 0 Å². The van der Waals surface area contributed by atoms with Crippen LogP contribution in [0.5, 0.6) is 0 Å². The number of hydrogen-bond acceptors (Lipinski definition) is 0. The first-order valence-corrected chi connectivity index (χ1v) is 9.23. The number of hydrogen-bond donors (Lipinski definition) is 0. The van der Waals surface area contributed by atoms with E-state index in [0.29, 0.717) is 5.04 Å². The van der Waals surface area contributed by atoms with E-state index in [-0.39, 0.29) is 0 Å². The van der Waals surface area contributed by atoms with Gasteiger partial charge in [0.1, 0.15) is 0 Å². The SMILES string of the molecule is C[C]1[CH][P][C]([Si](C)(C)C(C)(C)C)[C]1C. The highest BCUT2D eigenvalue weighted by molar-refractivity contribution is 7.51. The maximum absolute atomic E-state index is 2.51. The van der Waals surface area contributed by atoms with Crippen molar-refractivity contribution in [3.63, 3.8) is 0 Å². The number of rotatable bonds is 1. The standard InChI is InChI=1S/C12H22PSi/c1-9-8-13-11(10(9)2)14(6,7)12(3,4)5/h8H,1-7H3. The Balaban J connectivity index is 2.84. The third-order valence-corrected chi connectivity index (χ3v) is 12.3. The first-order valence-electron chi connectivity index (χ1n) is 5.27. The maximum atomic E-state index is 2.51. The molecule has 1 aliphatic heterocycles. The van der Waals surface area contributed by atoms with Crippen LogP contribution in [0.2, 0.25) is 18.1 Å². The van der Waals surface area contributed by atoms with Crippen LogP contribution in [-0.4, -0.2) is 8.07 Å². The quantitative estimate of drug-likeness (QED) is 0.441. The van der Waals surface area contributed by atoms with E-state index in [4.69, 9.17) is 0 Å². The van der Waals surface area contributed by atoms with Crippen LogP contribution in [0.25, 0.3) is 0 Å². The average molecular weight is 225 g/mol. The molecule has 0 unspecified atom stereocenters. The van der Waals surface area contributed by atoms with E-state index in [1.165, 1.54) is 14.5 Å². The van der Waals surface area contributed by atoms with Gasteiger partial charge >= 0.3 is 0 Å². The normalized spacial score (nSPS) is 25.1. The molecule has 14 heavy (non-hydrogen) atoms. The van der Waals surface area contributed by atoms with Crippen molar-refractivity contribution in [2.45, 2.75) is 52.8 Å². The van der Waals surface area contributed by atoms with Crippen molar-refractivity contribution in [3.05, 3.63) is 23.3 Å². The Morgan fingerprint density at radius 3 is 1.93 bits per heavy atom. The zero-order valence-electron chi connectivity index (χ0n) is 10.5. The summed E-state index contributed by atoms with van der Waals surface area (Å²) in [6.07, 6.45) is 2.37. The van der Waals surface area contributed by atoms with Gasteiger partial charge in [-0.2, -0.15) is 0 Å². The molecule has 2 heteroatoms. The van der Waals surface area contributed by atoms with Crippen LogP contribution < -0.4 is 0 Å². The zero-order chi connectivity index (χ0) is 11.1. The second kappa shape index (κ2) is 3.90. The molecular formula is C12H22PSi. The topological polar surface area (TPSA) is 0 Å². The molecule has 1 rings (SSSR count). The van der Waals surface area contributed by atoms with E-state index in [1.54, 1.807) is 11.2 Å². The van der Waals surface area contributed by atoms with Gasteiger partial charge in [0, 0.05) is 5.28 Å². The molecule has 0 aromatic heterocycles. The van der Waals surface area contributed by atoms with Crippen LogP contribution in [0, 0.1) is 23.3 Å². The summed E-state index contributed by atoms with van der Waals surface area (Å²) in [6.45, 7) is 16.7. The summed E-state index contributed by atoms with van der Waals surface area (Å²) in [5.41, 5.74) is 0. The zero-order valence-corrected chi connectivity index (χ0v) is 12.4. The second-order valence-electron chi connectivity index (χ2n) is 5.79. The summed E-state index contributed by atoms with van der Waals surface area (Å²) < 4.78 is 0. The Labute approximate surface area is 93.0 Å². The molecule has 0 nitrogen and oxygen atoms in total. The largest absolute Gasteiger partial charge is 0.0711 e. The van der Waals surface area contributed by atoms with Crippen molar-refractivity contribution in [3.8, 4) is 0 Å². The van der Waals surface area contributed by atoms with Crippen LogP contribution in [0.3, 0.4) is 0 Å². The highest BCUT2D eigenvalue weighted by atomic mass is 31.1. The lowest BCUT2D eigenvalue weighted by atomic mass is 10.0. The van der Waals surface area contributed by atoms with Crippen LogP contribution >= 0.6 is 8.58 Å². The summed E-state index contributed by atoms with van der Waals surface area (Å²) in [5, 5.41) is 2.21. The molecule has 1 saturated heterocycles. The molecule has 0 amide bonds. The van der Waals surface area contributed by atoms with E-state index < -0.39 is 8.07 Å². The minimum Gasteiger partial charge on any atom is -0.0711 e. The molecule has 0 N–H and O–H groups in total. The lowest BCUT2D eigenvalue weighted by molar-refractivity contribution is 0.720. The van der Waals surface area contributed by atoms with E-state index in [9.17, 15) is 0 Å². The summed E-state index contributed by atoms with van der Waals surface area (Å²) in [7, 11) is 0.207. The van der Waals surface area contributed by atoms with Crippen LogP contribution in [-0.2, 0) is 0 Å². The molecule has 1 fully saturated rings. The van der Waals surface area contributed by atoms with Crippen molar-refractivity contribution in [2.24, 2.45) is 0 Å². The van der Waals surface area contributed by atoms with E-state index in [0.717, 1.165) is 0 Å². The van der Waals surface area contributed by atoms with Crippen molar-refractivity contribution in [1.82, 2.24) is 0 Å². The van der Waals surface area contributed by atoms with E-state index in [2.05, 4.69) is 53.9 Å². The van der Waals surface area contributed by atoms with Gasteiger partial charge in [0.25, 0.3) is 0 Å². The Morgan fingerprint density at radius 2 is 1.64 bits per heavy atom. The predicted molar refractivity (Wildman–Crippen MR) is 69.5 cm³/mol. The summed E-state index contributed by atoms with van der Waals surface area (Å²) >= 11 is 0. The van der Waals surface area contributed by atoms with Crippen molar-refractivity contribution >= 4 is 16.7 Å². The van der Waals surface area contributed by atoms with Gasteiger partial charge in [-0.25, -0.2) is 0 Å². The fourth-order valence-electron chi connectivity index (χ4n) is 1.53.